The van der Waals surface area contributed by atoms with Crippen molar-refractivity contribution < 1.29 is 14.4 Å². The Morgan fingerprint density at radius 1 is 1.22 bits per heavy atom. The standard InChI is InChI=1S/C14H15NO3/c1-3-9-5-7-10(8-6-9)12-11(4-2)13(14(16)17)18-15-12/h5-8H,3-4H2,1-2H3,(H,16,17). The normalized spacial score (nSPS) is 10.6. The van der Waals surface area contributed by atoms with Gasteiger partial charge in [-0.1, -0.05) is 43.3 Å². The van der Waals surface area contributed by atoms with Gasteiger partial charge in [0.05, 0.1) is 0 Å². The highest BCUT2D eigenvalue weighted by atomic mass is 16.5. The third-order valence-corrected chi connectivity index (χ3v) is 2.97. The molecule has 0 spiro atoms. The molecule has 94 valence electrons. The van der Waals surface area contributed by atoms with Crippen LogP contribution >= 0.6 is 0 Å². The van der Waals surface area contributed by atoms with Gasteiger partial charge in [0.25, 0.3) is 0 Å². The summed E-state index contributed by atoms with van der Waals surface area (Å²) in [6.07, 6.45) is 1.55. The number of benzene rings is 1. The molecule has 1 aromatic heterocycles. The summed E-state index contributed by atoms with van der Waals surface area (Å²) in [5.74, 6) is -1.14. The Morgan fingerprint density at radius 3 is 2.39 bits per heavy atom. The van der Waals surface area contributed by atoms with E-state index in [4.69, 9.17) is 9.63 Å². The Balaban J connectivity index is 2.46. The number of rotatable bonds is 4. The van der Waals surface area contributed by atoms with Crippen molar-refractivity contribution in [2.45, 2.75) is 26.7 Å². The molecule has 0 bridgehead atoms. The second kappa shape index (κ2) is 5.04. The second-order valence-corrected chi connectivity index (χ2v) is 4.05. The highest BCUT2D eigenvalue weighted by molar-refractivity contribution is 5.88. The number of hydrogen-bond acceptors (Lipinski definition) is 3. The first-order valence-electron chi connectivity index (χ1n) is 5.98. The zero-order valence-electron chi connectivity index (χ0n) is 10.4. The Hall–Kier alpha value is -2.10. The van der Waals surface area contributed by atoms with Gasteiger partial charge >= 0.3 is 5.97 Å². The lowest BCUT2D eigenvalue weighted by Crippen LogP contribution is -1.98. The highest BCUT2D eigenvalue weighted by Crippen LogP contribution is 2.26. The molecule has 2 aromatic rings. The van der Waals surface area contributed by atoms with Crippen LogP contribution in [0, 0.1) is 0 Å². The lowest BCUT2D eigenvalue weighted by molar-refractivity contribution is 0.0650. The number of aryl methyl sites for hydroxylation is 1. The van der Waals surface area contributed by atoms with Gasteiger partial charge in [0.1, 0.15) is 5.69 Å². The van der Waals surface area contributed by atoms with Crippen molar-refractivity contribution in [1.82, 2.24) is 5.16 Å². The molecule has 0 saturated heterocycles. The third kappa shape index (κ3) is 2.14. The van der Waals surface area contributed by atoms with Crippen LogP contribution in [0.2, 0.25) is 0 Å². The van der Waals surface area contributed by atoms with Crippen LogP contribution in [0.15, 0.2) is 28.8 Å². The van der Waals surface area contributed by atoms with Gasteiger partial charge in [0.2, 0.25) is 5.76 Å². The van der Waals surface area contributed by atoms with E-state index in [1.165, 1.54) is 5.56 Å². The minimum atomic E-state index is -1.07. The predicted octanol–water partition coefficient (Wildman–Crippen LogP) is 3.16. The van der Waals surface area contributed by atoms with Crippen LogP contribution in [0.25, 0.3) is 11.3 Å². The van der Waals surface area contributed by atoms with Crippen LogP contribution in [0.4, 0.5) is 0 Å². The summed E-state index contributed by atoms with van der Waals surface area (Å²) in [6.45, 7) is 3.98. The van der Waals surface area contributed by atoms with Crippen molar-refractivity contribution >= 4 is 5.97 Å². The van der Waals surface area contributed by atoms with E-state index >= 15 is 0 Å². The van der Waals surface area contributed by atoms with E-state index in [1.807, 2.05) is 31.2 Å². The van der Waals surface area contributed by atoms with E-state index in [-0.39, 0.29) is 5.76 Å². The summed E-state index contributed by atoms with van der Waals surface area (Å²) in [7, 11) is 0. The van der Waals surface area contributed by atoms with Crippen molar-refractivity contribution in [2.24, 2.45) is 0 Å². The molecular formula is C14H15NO3. The van der Waals surface area contributed by atoms with E-state index < -0.39 is 5.97 Å². The first kappa shape index (κ1) is 12.4. The average Bonchev–Trinajstić information content (AvgIpc) is 2.82. The monoisotopic (exact) mass is 245 g/mol. The summed E-state index contributed by atoms with van der Waals surface area (Å²) in [5.41, 5.74) is 3.39. The number of carboxylic acid groups (broad SMARTS) is 1. The summed E-state index contributed by atoms with van der Waals surface area (Å²) in [4.78, 5) is 11.0. The number of aromatic carboxylic acids is 1. The number of carbonyl (C=O) groups is 1. The molecule has 4 nitrogen and oxygen atoms in total. The first-order valence-corrected chi connectivity index (χ1v) is 5.98. The quantitative estimate of drug-likeness (QED) is 0.898. The summed E-state index contributed by atoms with van der Waals surface area (Å²) < 4.78 is 4.91. The number of hydrogen-bond donors (Lipinski definition) is 1. The van der Waals surface area contributed by atoms with Gasteiger partial charge in [0, 0.05) is 11.1 Å². The first-order chi connectivity index (χ1) is 8.67. The molecule has 0 radical (unpaired) electrons. The molecule has 0 atom stereocenters. The molecule has 2 rings (SSSR count). The fourth-order valence-electron chi connectivity index (χ4n) is 1.93. The van der Waals surface area contributed by atoms with E-state index in [0.29, 0.717) is 17.7 Å². The van der Waals surface area contributed by atoms with Crippen LogP contribution in [0.3, 0.4) is 0 Å². The molecule has 18 heavy (non-hydrogen) atoms. The van der Waals surface area contributed by atoms with Gasteiger partial charge in [-0.2, -0.15) is 0 Å². The Bertz CT molecular complexity index is 555. The van der Waals surface area contributed by atoms with Crippen LogP contribution in [-0.2, 0) is 12.8 Å². The maximum atomic E-state index is 11.0. The van der Waals surface area contributed by atoms with Gasteiger partial charge in [0.15, 0.2) is 0 Å². The van der Waals surface area contributed by atoms with Crippen molar-refractivity contribution in [2.75, 3.05) is 0 Å². The number of nitrogens with zero attached hydrogens (tertiary/aromatic N) is 1. The predicted molar refractivity (Wildman–Crippen MR) is 67.7 cm³/mol. The second-order valence-electron chi connectivity index (χ2n) is 4.05. The SMILES string of the molecule is CCc1ccc(-c2noc(C(=O)O)c2CC)cc1. The summed E-state index contributed by atoms with van der Waals surface area (Å²) in [6, 6.07) is 7.93. The molecule has 0 aliphatic heterocycles. The highest BCUT2D eigenvalue weighted by Gasteiger charge is 2.20. The molecule has 0 amide bonds. The van der Waals surface area contributed by atoms with Gasteiger partial charge in [-0.25, -0.2) is 4.79 Å². The molecule has 1 aromatic carbocycles. The number of aromatic nitrogens is 1. The van der Waals surface area contributed by atoms with Gasteiger partial charge < -0.3 is 9.63 Å². The van der Waals surface area contributed by atoms with E-state index in [0.717, 1.165) is 12.0 Å². The Labute approximate surface area is 105 Å². The van der Waals surface area contributed by atoms with Crippen LogP contribution < -0.4 is 0 Å². The van der Waals surface area contributed by atoms with E-state index in [9.17, 15) is 4.79 Å². The number of carboxylic acids is 1. The van der Waals surface area contributed by atoms with Crippen molar-refractivity contribution in [3.63, 3.8) is 0 Å². The zero-order valence-corrected chi connectivity index (χ0v) is 10.4. The molecule has 0 aliphatic rings. The molecule has 0 fully saturated rings. The molecule has 0 saturated carbocycles. The van der Waals surface area contributed by atoms with Gasteiger partial charge in [-0.3, -0.25) is 0 Å². The van der Waals surface area contributed by atoms with Crippen LogP contribution in [-0.4, -0.2) is 16.2 Å². The van der Waals surface area contributed by atoms with Gasteiger partial charge in [-0.15, -0.1) is 0 Å². The summed E-state index contributed by atoms with van der Waals surface area (Å²) in [5, 5.41) is 12.9. The molecule has 0 aliphatic carbocycles. The Kier molecular flexibility index (Phi) is 3.46. The minimum absolute atomic E-state index is 0.0629. The van der Waals surface area contributed by atoms with Crippen molar-refractivity contribution in [1.29, 1.82) is 0 Å². The average molecular weight is 245 g/mol. The van der Waals surface area contributed by atoms with Crippen molar-refractivity contribution in [3.05, 3.63) is 41.2 Å². The third-order valence-electron chi connectivity index (χ3n) is 2.97. The summed E-state index contributed by atoms with van der Waals surface area (Å²) >= 11 is 0. The molecular weight excluding hydrogens is 230 g/mol. The van der Waals surface area contributed by atoms with Crippen molar-refractivity contribution in [3.8, 4) is 11.3 Å². The largest absolute Gasteiger partial charge is 0.475 e. The fourth-order valence-corrected chi connectivity index (χ4v) is 1.93. The van der Waals surface area contributed by atoms with E-state index in [1.54, 1.807) is 0 Å². The molecule has 1 heterocycles. The maximum Gasteiger partial charge on any atom is 0.375 e. The molecule has 4 heteroatoms. The zero-order chi connectivity index (χ0) is 13.1. The van der Waals surface area contributed by atoms with Gasteiger partial charge in [-0.05, 0) is 18.4 Å². The smallest absolute Gasteiger partial charge is 0.375 e. The maximum absolute atomic E-state index is 11.0. The van der Waals surface area contributed by atoms with E-state index in [2.05, 4.69) is 12.1 Å². The lowest BCUT2D eigenvalue weighted by Gasteiger charge is -2.01. The lowest BCUT2D eigenvalue weighted by atomic mass is 10.0. The minimum Gasteiger partial charge on any atom is -0.475 e. The molecule has 1 N–H and O–H groups in total. The Morgan fingerprint density at radius 2 is 1.89 bits per heavy atom. The fraction of sp³-hybridized carbons (Fsp3) is 0.286. The topological polar surface area (TPSA) is 63.3 Å². The van der Waals surface area contributed by atoms with Crippen LogP contribution in [0.1, 0.15) is 35.5 Å². The molecule has 0 unspecified atom stereocenters. The van der Waals surface area contributed by atoms with Crippen LogP contribution in [0.5, 0.6) is 0 Å².